The maximum absolute atomic E-state index is 12.6. The molecule has 1 unspecified atom stereocenters. The van der Waals surface area contributed by atoms with Gasteiger partial charge in [-0.1, -0.05) is 11.6 Å². The third kappa shape index (κ3) is 9.30. The highest BCUT2D eigenvalue weighted by Gasteiger charge is 2.16. The molecule has 1 saturated heterocycles. The predicted molar refractivity (Wildman–Crippen MR) is 118 cm³/mol. The molecule has 0 radical (unpaired) electrons. The van der Waals surface area contributed by atoms with Crippen LogP contribution in [-0.4, -0.2) is 63.8 Å². The van der Waals surface area contributed by atoms with Crippen molar-refractivity contribution in [2.45, 2.75) is 19.6 Å². The van der Waals surface area contributed by atoms with Gasteiger partial charge in [0.25, 0.3) is 0 Å². The van der Waals surface area contributed by atoms with E-state index in [4.69, 9.17) is 16.3 Å². The molecule has 2 N–H and O–H groups in total. The molecule has 11 heteroatoms. The van der Waals surface area contributed by atoms with Crippen LogP contribution in [0, 0.1) is 5.92 Å². The lowest BCUT2D eigenvalue weighted by Gasteiger charge is -2.17. The zero-order chi connectivity index (χ0) is 20.5. The number of carbonyl (C=O) groups excluding carboxylic acids is 1. The van der Waals surface area contributed by atoms with E-state index in [-0.39, 0.29) is 48.7 Å². The van der Waals surface area contributed by atoms with Crippen molar-refractivity contribution in [3.05, 3.63) is 28.8 Å². The summed E-state index contributed by atoms with van der Waals surface area (Å²) in [4.78, 5) is 17.7. The quantitative estimate of drug-likeness (QED) is 0.298. The third-order valence-corrected chi connectivity index (χ3v) is 4.37. The van der Waals surface area contributed by atoms with Gasteiger partial charge in [0.05, 0.1) is 19.7 Å². The van der Waals surface area contributed by atoms with E-state index < -0.39 is 6.61 Å². The summed E-state index contributed by atoms with van der Waals surface area (Å²) in [7, 11) is 3.31. The minimum Gasteiger partial charge on any atom is -0.434 e. The van der Waals surface area contributed by atoms with E-state index in [1.54, 1.807) is 14.1 Å². The number of aliphatic imine (C=N–C) groups is 1. The number of halogens is 4. The van der Waals surface area contributed by atoms with Crippen LogP contribution in [0.4, 0.5) is 8.78 Å². The minimum atomic E-state index is -2.94. The second-order valence-electron chi connectivity index (χ2n) is 6.55. The van der Waals surface area contributed by atoms with Crippen molar-refractivity contribution in [2.75, 3.05) is 40.4 Å². The molecule has 164 valence electrons. The maximum atomic E-state index is 12.6. The van der Waals surface area contributed by atoms with Crippen LogP contribution >= 0.6 is 35.6 Å². The first kappa shape index (κ1) is 25.6. The summed E-state index contributed by atoms with van der Waals surface area (Å²) < 4.78 is 35.1. The molecule has 1 aliphatic rings. The van der Waals surface area contributed by atoms with E-state index in [0.717, 1.165) is 13.0 Å². The number of hydrogen-bond acceptors (Lipinski definition) is 4. The molecule has 0 spiro atoms. The summed E-state index contributed by atoms with van der Waals surface area (Å²) in [5.41, 5.74) is 0.414. The Hall–Kier alpha value is -1.40. The number of ether oxygens (including phenoxy) is 2. The Morgan fingerprint density at radius 1 is 1.41 bits per heavy atom. The zero-order valence-electron chi connectivity index (χ0n) is 16.3. The molecule has 1 aromatic carbocycles. The molecule has 0 aromatic heterocycles. The van der Waals surface area contributed by atoms with Gasteiger partial charge in [0, 0.05) is 43.8 Å². The highest BCUT2D eigenvalue weighted by Crippen LogP contribution is 2.25. The van der Waals surface area contributed by atoms with E-state index in [2.05, 4.69) is 20.4 Å². The number of rotatable bonds is 8. The van der Waals surface area contributed by atoms with E-state index in [9.17, 15) is 13.6 Å². The van der Waals surface area contributed by atoms with Crippen LogP contribution in [0.15, 0.2) is 23.2 Å². The summed E-state index contributed by atoms with van der Waals surface area (Å²) in [5, 5.41) is 6.51. The number of guanidine groups is 1. The number of amides is 1. The van der Waals surface area contributed by atoms with Gasteiger partial charge >= 0.3 is 6.61 Å². The van der Waals surface area contributed by atoms with Crippen LogP contribution < -0.4 is 15.4 Å². The van der Waals surface area contributed by atoms with Crippen molar-refractivity contribution < 1.29 is 23.0 Å². The number of nitrogens with zero attached hydrogens (tertiary/aromatic N) is 2. The fourth-order valence-corrected chi connectivity index (χ4v) is 2.72. The second kappa shape index (κ2) is 13.0. The SMILES string of the molecule is CN(C)C(=O)CNC(=NCc1cc(Cl)ccc1OC(F)F)NCC1CCOC1.I. The largest absolute Gasteiger partial charge is 0.434 e. The van der Waals surface area contributed by atoms with Gasteiger partial charge in [-0.05, 0) is 24.6 Å². The Balaban J connectivity index is 0.00000420. The summed E-state index contributed by atoms with van der Waals surface area (Å²) in [6.07, 6.45) is 0.942. The van der Waals surface area contributed by atoms with Crippen LogP contribution in [0.2, 0.25) is 5.02 Å². The molecular formula is C18H26ClF2IN4O3. The van der Waals surface area contributed by atoms with Gasteiger partial charge in [0.15, 0.2) is 5.96 Å². The standard InChI is InChI=1S/C18H25ClF2N4O3.HI/c1-25(2)16(26)10-24-18(22-8-12-5-6-27-11-12)23-9-13-7-14(19)3-4-15(13)28-17(20)21;/h3-4,7,12,17H,5-6,8-11H2,1-2H3,(H2,22,23,24);1H. The molecule has 0 bridgehead atoms. The van der Waals surface area contributed by atoms with E-state index in [1.165, 1.54) is 23.1 Å². The van der Waals surface area contributed by atoms with Crippen molar-refractivity contribution in [3.63, 3.8) is 0 Å². The maximum Gasteiger partial charge on any atom is 0.387 e. The summed E-state index contributed by atoms with van der Waals surface area (Å²) in [6.45, 7) is -0.831. The molecule has 1 aliphatic heterocycles. The summed E-state index contributed by atoms with van der Waals surface area (Å²) >= 11 is 5.97. The van der Waals surface area contributed by atoms with Crippen molar-refractivity contribution in [3.8, 4) is 5.75 Å². The topological polar surface area (TPSA) is 75.2 Å². The number of carbonyl (C=O) groups is 1. The fraction of sp³-hybridized carbons (Fsp3) is 0.556. The lowest BCUT2D eigenvalue weighted by Crippen LogP contribution is -2.44. The predicted octanol–water partition coefficient (Wildman–Crippen LogP) is 2.72. The number of likely N-dealkylation sites (N-methyl/N-ethyl adjacent to an activating group) is 1. The van der Waals surface area contributed by atoms with Gasteiger partial charge in [0.2, 0.25) is 5.91 Å². The molecule has 0 aliphatic carbocycles. The van der Waals surface area contributed by atoms with Gasteiger partial charge in [-0.25, -0.2) is 4.99 Å². The number of benzene rings is 1. The molecule has 7 nitrogen and oxygen atoms in total. The number of hydrogen-bond donors (Lipinski definition) is 2. The van der Waals surface area contributed by atoms with E-state index in [0.29, 0.717) is 35.6 Å². The van der Waals surface area contributed by atoms with Gasteiger partial charge in [-0.3, -0.25) is 4.79 Å². The molecule has 1 amide bonds. The van der Waals surface area contributed by atoms with Crippen LogP contribution in [0.1, 0.15) is 12.0 Å². The summed E-state index contributed by atoms with van der Waals surface area (Å²) in [6, 6.07) is 4.38. The second-order valence-corrected chi connectivity index (χ2v) is 6.98. The average Bonchev–Trinajstić information content (AvgIpc) is 3.15. The molecule has 1 atom stereocenters. The highest BCUT2D eigenvalue weighted by atomic mass is 127. The fourth-order valence-electron chi connectivity index (χ4n) is 2.52. The van der Waals surface area contributed by atoms with E-state index >= 15 is 0 Å². The lowest BCUT2D eigenvalue weighted by molar-refractivity contribution is -0.127. The normalized spacial score (nSPS) is 16.3. The third-order valence-electron chi connectivity index (χ3n) is 4.13. The highest BCUT2D eigenvalue weighted by molar-refractivity contribution is 14.0. The van der Waals surface area contributed by atoms with Gasteiger partial charge in [-0.2, -0.15) is 8.78 Å². The van der Waals surface area contributed by atoms with Crippen LogP contribution in [0.25, 0.3) is 0 Å². The average molecular weight is 547 g/mol. The van der Waals surface area contributed by atoms with Crippen LogP contribution in [-0.2, 0) is 16.1 Å². The first-order valence-corrected chi connectivity index (χ1v) is 9.26. The van der Waals surface area contributed by atoms with Gasteiger partial charge < -0.3 is 25.0 Å². The Labute approximate surface area is 191 Å². The van der Waals surface area contributed by atoms with Crippen molar-refractivity contribution in [1.29, 1.82) is 0 Å². The molecule has 29 heavy (non-hydrogen) atoms. The van der Waals surface area contributed by atoms with Crippen molar-refractivity contribution in [1.82, 2.24) is 15.5 Å². The Morgan fingerprint density at radius 3 is 2.79 bits per heavy atom. The van der Waals surface area contributed by atoms with Crippen molar-refractivity contribution >= 4 is 47.4 Å². The molecular weight excluding hydrogens is 521 g/mol. The smallest absolute Gasteiger partial charge is 0.387 e. The molecule has 1 fully saturated rings. The van der Waals surface area contributed by atoms with Crippen molar-refractivity contribution in [2.24, 2.45) is 10.9 Å². The van der Waals surface area contributed by atoms with Crippen LogP contribution in [0.5, 0.6) is 5.75 Å². The van der Waals surface area contributed by atoms with Gasteiger partial charge in [-0.15, -0.1) is 24.0 Å². The Kier molecular flexibility index (Phi) is 11.5. The molecule has 1 aromatic rings. The number of alkyl halides is 2. The molecule has 1 heterocycles. The first-order chi connectivity index (χ1) is 13.3. The Morgan fingerprint density at radius 2 is 2.17 bits per heavy atom. The monoisotopic (exact) mass is 546 g/mol. The minimum absolute atomic E-state index is 0. The summed E-state index contributed by atoms with van der Waals surface area (Å²) in [5.74, 6) is 0.629. The lowest BCUT2D eigenvalue weighted by atomic mass is 10.1. The Bertz CT molecular complexity index is 689. The first-order valence-electron chi connectivity index (χ1n) is 8.88. The zero-order valence-corrected chi connectivity index (χ0v) is 19.4. The van der Waals surface area contributed by atoms with Crippen LogP contribution in [0.3, 0.4) is 0 Å². The molecule has 2 rings (SSSR count). The molecule has 0 saturated carbocycles. The number of nitrogens with one attached hydrogen (secondary N) is 2. The van der Waals surface area contributed by atoms with Gasteiger partial charge in [0.1, 0.15) is 5.75 Å². The van der Waals surface area contributed by atoms with E-state index in [1.807, 2.05) is 0 Å².